The van der Waals surface area contributed by atoms with Crippen LogP contribution < -0.4 is 5.73 Å². The van der Waals surface area contributed by atoms with Gasteiger partial charge in [-0.25, -0.2) is 0 Å². The number of hydrogen-bond donors (Lipinski definition) is 2. The Morgan fingerprint density at radius 3 is 1.55 bits per heavy atom. The van der Waals surface area contributed by atoms with E-state index >= 15 is 0 Å². The molecule has 6 aromatic rings. The third-order valence-electron chi connectivity index (χ3n) is 7.65. The van der Waals surface area contributed by atoms with Crippen molar-refractivity contribution < 1.29 is 0 Å². The smallest absolute Gasteiger partial charge is 0.0605 e. The topological polar surface area (TPSA) is 62.2 Å². The molecule has 1 aliphatic carbocycles. The summed E-state index contributed by atoms with van der Waals surface area (Å²) >= 11 is 0. The molecule has 0 aromatic heterocycles. The average Bonchev–Trinajstić information content (AvgIpc) is 3.63. The molecule has 0 fully saturated rings. The van der Waals surface area contributed by atoms with Crippen molar-refractivity contribution in [1.29, 1.82) is 5.41 Å². The molecule has 0 atom stereocenters. The van der Waals surface area contributed by atoms with Crippen LogP contribution in [0.3, 0.4) is 0 Å². The SMILES string of the molecule is C1=CCC(CN=Cc2ccc(-c3c4ccccc4c(-c4ccccc4)c4ccccc34)cc2)=C1.C=N.NCc1ccccc1. The quantitative estimate of drug-likeness (QED) is 0.152. The second kappa shape index (κ2) is 15.2. The predicted octanol–water partition coefficient (Wildman–Crippen LogP) is 10.0. The zero-order chi connectivity index (χ0) is 30.6. The Labute approximate surface area is 260 Å². The van der Waals surface area contributed by atoms with Crippen molar-refractivity contribution in [2.75, 3.05) is 6.54 Å². The molecule has 0 saturated carbocycles. The zero-order valence-electron chi connectivity index (χ0n) is 24.9. The number of nitrogens with zero attached hydrogens (tertiary/aromatic N) is 1. The molecule has 0 spiro atoms. The van der Waals surface area contributed by atoms with Gasteiger partial charge < -0.3 is 11.1 Å². The van der Waals surface area contributed by atoms with Crippen molar-refractivity contribution in [1.82, 2.24) is 0 Å². The summed E-state index contributed by atoms with van der Waals surface area (Å²) in [4.78, 5) is 4.64. The van der Waals surface area contributed by atoms with Gasteiger partial charge in [0.1, 0.15) is 0 Å². The van der Waals surface area contributed by atoms with E-state index in [-0.39, 0.29) is 0 Å². The molecule has 0 amide bonds. The molecular weight excluding hydrogens is 534 g/mol. The molecule has 216 valence electrons. The Balaban J connectivity index is 0.000000332. The fourth-order valence-corrected chi connectivity index (χ4v) is 5.58. The van der Waals surface area contributed by atoms with Gasteiger partial charge in [0.05, 0.1) is 6.54 Å². The number of nitrogens with two attached hydrogens (primary N) is 1. The lowest BCUT2D eigenvalue weighted by Gasteiger charge is -2.17. The second-order valence-corrected chi connectivity index (χ2v) is 10.4. The largest absolute Gasteiger partial charge is 0.326 e. The maximum absolute atomic E-state index is 5.50. The van der Waals surface area contributed by atoms with Crippen molar-refractivity contribution in [3.8, 4) is 22.3 Å². The van der Waals surface area contributed by atoms with E-state index in [0.717, 1.165) is 18.5 Å². The molecule has 0 aliphatic heterocycles. The van der Waals surface area contributed by atoms with Crippen LogP contribution in [0.4, 0.5) is 0 Å². The van der Waals surface area contributed by atoms with Crippen LogP contribution in [0.25, 0.3) is 43.8 Å². The highest BCUT2D eigenvalue weighted by atomic mass is 14.7. The van der Waals surface area contributed by atoms with Crippen molar-refractivity contribution in [2.24, 2.45) is 10.7 Å². The van der Waals surface area contributed by atoms with E-state index in [9.17, 15) is 0 Å². The third kappa shape index (κ3) is 6.97. The highest BCUT2D eigenvalue weighted by Crippen LogP contribution is 2.43. The molecule has 0 saturated heterocycles. The minimum absolute atomic E-state index is 0.640. The summed E-state index contributed by atoms with van der Waals surface area (Å²) in [6.45, 7) is 3.91. The van der Waals surface area contributed by atoms with E-state index in [2.05, 4.69) is 133 Å². The Morgan fingerprint density at radius 2 is 1.09 bits per heavy atom. The van der Waals surface area contributed by atoms with Crippen molar-refractivity contribution in [3.63, 3.8) is 0 Å². The molecule has 1 aliphatic rings. The maximum Gasteiger partial charge on any atom is 0.0605 e. The van der Waals surface area contributed by atoms with Gasteiger partial charge in [0, 0.05) is 12.8 Å². The van der Waals surface area contributed by atoms with Gasteiger partial charge in [-0.3, -0.25) is 4.99 Å². The van der Waals surface area contributed by atoms with Crippen LogP contribution in [0.2, 0.25) is 0 Å². The molecule has 0 radical (unpaired) electrons. The first-order valence-electron chi connectivity index (χ1n) is 14.8. The standard InChI is InChI=1S/C33H25N.C7H9N.CH3N/c1-2-12-26(13-3-1)32-28-14-6-8-16-30(28)33(31-17-9-7-15-29(31)32)27-20-18-25(19-21-27)23-34-22-24-10-4-5-11-24;8-6-7-4-2-1-3-5-7;1-2/h1-10,12-21,23H,11,22H2;1-5H,6,8H2;2H,1H2. The average molecular weight is 572 g/mol. The minimum Gasteiger partial charge on any atom is -0.326 e. The van der Waals surface area contributed by atoms with E-state index in [1.165, 1.54) is 54.9 Å². The van der Waals surface area contributed by atoms with Gasteiger partial charge in [-0.1, -0.05) is 152 Å². The molecule has 3 nitrogen and oxygen atoms in total. The molecule has 44 heavy (non-hydrogen) atoms. The summed E-state index contributed by atoms with van der Waals surface area (Å²) in [7, 11) is 0. The number of nitrogens with one attached hydrogen (secondary N) is 1. The van der Waals surface area contributed by atoms with Gasteiger partial charge in [0.25, 0.3) is 0 Å². The molecule has 0 unspecified atom stereocenters. The maximum atomic E-state index is 5.50. The predicted molar refractivity (Wildman–Crippen MR) is 191 cm³/mol. The molecule has 6 aromatic carbocycles. The number of benzene rings is 6. The van der Waals surface area contributed by atoms with Crippen molar-refractivity contribution >= 4 is 34.5 Å². The summed E-state index contributed by atoms with van der Waals surface area (Å²) < 4.78 is 0. The van der Waals surface area contributed by atoms with Gasteiger partial charge in [0.15, 0.2) is 0 Å². The summed E-state index contributed by atoms with van der Waals surface area (Å²) in [5, 5.41) is 10.6. The first kappa shape index (κ1) is 30.1. The van der Waals surface area contributed by atoms with Gasteiger partial charge in [-0.15, -0.1) is 0 Å². The van der Waals surface area contributed by atoms with Crippen LogP contribution in [0.15, 0.2) is 162 Å². The van der Waals surface area contributed by atoms with Crippen molar-refractivity contribution in [2.45, 2.75) is 13.0 Å². The van der Waals surface area contributed by atoms with Crippen LogP contribution in [0, 0.1) is 5.41 Å². The summed E-state index contributed by atoms with van der Waals surface area (Å²) in [5.74, 6) is 0. The Hall–Kier alpha value is -5.38. The Kier molecular flexibility index (Phi) is 10.4. The minimum atomic E-state index is 0.640. The van der Waals surface area contributed by atoms with Crippen LogP contribution in [0.5, 0.6) is 0 Å². The zero-order valence-corrected chi connectivity index (χ0v) is 24.9. The monoisotopic (exact) mass is 571 g/mol. The summed E-state index contributed by atoms with van der Waals surface area (Å²) in [6, 6.07) is 47.1. The van der Waals surface area contributed by atoms with Crippen LogP contribution >= 0.6 is 0 Å². The number of rotatable bonds is 6. The number of fused-ring (bicyclic) bond motifs is 2. The lowest BCUT2D eigenvalue weighted by molar-refractivity contribution is 1.07. The Bertz CT molecular complexity index is 1840. The van der Waals surface area contributed by atoms with Gasteiger partial charge in [-0.05, 0) is 73.6 Å². The fourth-order valence-electron chi connectivity index (χ4n) is 5.58. The second-order valence-electron chi connectivity index (χ2n) is 10.4. The number of aliphatic imine (C=N–C) groups is 1. The van der Waals surface area contributed by atoms with Crippen LogP contribution in [-0.2, 0) is 6.54 Å². The lowest BCUT2D eigenvalue weighted by Crippen LogP contribution is -1.94. The number of hydrogen-bond acceptors (Lipinski definition) is 3. The summed E-state index contributed by atoms with van der Waals surface area (Å²) in [6.07, 6.45) is 9.46. The first-order valence-corrected chi connectivity index (χ1v) is 14.8. The van der Waals surface area contributed by atoms with E-state index in [4.69, 9.17) is 11.1 Å². The van der Waals surface area contributed by atoms with E-state index in [1.54, 1.807) is 0 Å². The third-order valence-corrected chi connectivity index (χ3v) is 7.65. The van der Waals surface area contributed by atoms with E-state index < -0.39 is 0 Å². The van der Waals surface area contributed by atoms with Crippen molar-refractivity contribution in [3.05, 3.63) is 168 Å². The highest BCUT2D eigenvalue weighted by Gasteiger charge is 2.16. The van der Waals surface area contributed by atoms with E-state index in [1.807, 2.05) is 36.5 Å². The van der Waals surface area contributed by atoms with E-state index in [0.29, 0.717) is 6.54 Å². The summed E-state index contributed by atoms with van der Waals surface area (Å²) in [5.41, 5.74) is 14.1. The Morgan fingerprint density at radius 1 is 0.614 bits per heavy atom. The first-order chi connectivity index (χ1) is 21.8. The fraction of sp³-hybridized carbons (Fsp3) is 0.0732. The molecule has 0 heterocycles. The molecular formula is C41H37N3. The molecule has 0 bridgehead atoms. The van der Waals surface area contributed by atoms with Crippen LogP contribution in [-0.4, -0.2) is 19.5 Å². The number of allylic oxidation sites excluding steroid dienone is 3. The van der Waals surface area contributed by atoms with Crippen LogP contribution in [0.1, 0.15) is 17.5 Å². The lowest BCUT2D eigenvalue weighted by atomic mass is 9.86. The van der Waals surface area contributed by atoms with Gasteiger partial charge >= 0.3 is 0 Å². The van der Waals surface area contributed by atoms with Gasteiger partial charge in [-0.2, -0.15) is 0 Å². The molecule has 7 rings (SSSR count). The highest BCUT2D eigenvalue weighted by molar-refractivity contribution is 6.21. The molecule has 3 N–H and O–H groups in total. The molecule has 3 heteroatoms. The normalized spacial score (nSPS) is 12.0. The van der Waals surface area contributed by atoms with Gasteiger partial charge in [0.2, 0.25) is 0 Å².